The van der Waals surface area contributed by atoms with Crippen LogP contribution >= 0.6 is 15.9 Å². The predicted octanol–water partition coefficient (Wildman–Crippen LogP) is 3.07. The highest BCUT2D eigenvalue weighted by Crippen LogP contribution is 2.29. The van der Waals surface area contributed by atoms with Gasteiger partial charge in [-0.1, -0.05) is 19.1 Å². The lowest BCUT2D eigenvalue weighted by Gasteiger charge is -2.09. The van der Waals surface area contributed by atoms with Crippen LogP contribution < -0.4 is 11.1 Å². The van der Waals surface area contributed by atoms with Gasteiger partial charge in [0.2, 0.25) is 0 Å². The Morgan fingerprint density at radius 1 is 1.41 bits per heavy atom. The molecule has 0 aliphatic rings. The lowest BCUT2D eigenvalue weighted by Crippen LogP contribution is -2.01. The first kappa shape index (κ1) is 12.0. The highest BCUT2D eigenvalue weighted by atomic mass is 79.9. The van der Waals surface area contributed by atoms with Gasteiger partial charge >= 0.3 is 0 Å². The molecule has 0 bridgehead atoms. The molecular formula is C12H15BrN4. The average Bonchev–Trinajstić information content (AvgIpc) is 2.59. The number of nitrogens with two attached hydrogens (primary N) is 1. The number of nitrogen functional groups attached to an aromatic ring is 1. The Hall–Kier alpha value is -1.49. The lowest BCUT2D eigenvalue weighted by molar-refractivity contribution is 0.753. The topological polar surface area (TPSA) is 55.9 Å². The predicted molar refractivity (Wildman–Crippen MR) is 74.4 cm³/mol. The van der Waals surface area contributed by atoms with Crippen LogP contribution in [0.25, 0.3) is 0 Å². The van der Waals surface area contributed by atoms with Crippen LogP contribution in [0.4, 0.5) is 17.2 Å². The SMILES string of the molecule is CCc1nn(C)c(Nc2ccccc2Br)c1N. The average molecular weight is 295 g/mol. The van der Waals surface area contributed by atoms with E-state index in [4.69, 9.17) is 5.73 Å². The number of aromatic nitrogens is 2. The standard InChI is InChI=1S/C12H15BrN4/c1-3-9-11(14)12(17(2)16-9)15-10-7-5-4-6-8(10)13/h4-7,15H,3,14H2,1-2H3. The molecule has 90 valence electrons. The quantitative estimate of drug-likeness (QED) is 0.915. The van der Waals surface area contributed by atoms with Crippen LogP contribution in [0.2, 0.25) is 0 Å². The van der Waals surface area contributed by atoms with E-state index < -0.39 is 0 Å². The summed E-state index contributed by atoms with van der Waals surface area (Å²) in [6.45, 7) is 2.04. The van der Waals surface area contributed by atoms with Gasteiger partial charge in [0.05, 0.1) is 17.1 Å². The van der Waals surface area contributed by atoms with E-state index in [1.807, 2.05) is 38.2 Å². The third-order valence-electron chi connectivity index (χ3n) is 2.62. The molecule has 0 atom stereocenters. The fraction of sp³-hybridized carbons (Fsp3) is 0.250. The Morgan fingerprint density at radius 3 is 2.71 bits per heavy atom. The molecule has 0 fully saturated rings. The number of halogens is 1. The zero-order valence-electron chi connectivity index (χ0n) is 9.87. The van der Waals surface area contributed by atoms with Crippen molar-refractivity contribution >= 4 is 33.1 Å². The smallest absolute Gasteiger partial charge is 0.152 e. The molecule has 0 radical (unpaired) electrons. The molecule has 0 saturated heterocycles. The monoisotopic (exact) mass is 294 g/mol. The third kappa shape index (κ3) is 2.29. The molecule has 5 heteroatoms. The first-order valence-corrected chi connectivity index (χ1v) is 6.25. The number of benzene rings is 1. The molecular weight excluding hydrogens is 280 g/mol. The van der Waals surface area contributed by atoms with Crippen molar-refractivity contribution in [2.75, 3.05) is 11.1 Å². The van der Waals surface area contributed by atoms with Gasteiger partial charge in [0.15, 0.2) is 5.82 Å². The van der Waals surface area contributed by atoms with Crippen molar-refractivity contribution in [2.24, 2.45) is 7.05 Å². The normalized spacial score (nSPS) is 10.5. The molecule has 0 unspecified atom stereocenters. The number of hydrogen-bond donors (Lipinski definition) is 2. The van der Waals surface area contributed by atoms with Crippen molar-refractivity contribution in [2.45, 2.75) is 13.3 Å². The number of rotatable bonds is 3. The van der Waals surface area contributed by atoms with E-state index in [0.29, 0.717) is 5.69 Å². The van der Waals surface area contributed by atoms with Crippen LogP contribution in [-0.2, 0) is 13.5 Å². The van der Waals surface area contributed by atoms with Gasteiger partial charge in [0, 0.05) is 11.5 Å². The van der Waals surface area contributed by atoms with E-state index in [9.17, 15) is 0 Å². The summed E-state index contributed by atoms with van der Waals surface area (Å²) in [6, 6.07) is 7.91. The maximum Gasteiger partial charge on any atom is 0.152 e. The van der Waals surface area contributed by atoms with Crippen LogP contribution in [0.3, 0.4) is 0 Å². The molecule has 0 spiro atoms. The first-order chi connectivity index (χ1) is 8.13. The fourth-order valence-electron chi connectivity index (χ4n) is 1.70. The van der Waals surface area contributed by atoms with Gasteiger partial charge in [0.25, 0.3) is 0 Å². The number of nitrogens with one attached hydrogen (secondary N) is 1. The van der Waals surface area contributed by atoms with E-state index in [1.54, 1.807) is 4.68 Å². The summed E-state index contributed by atoms with van der Waals surface area (Å²) < 4.78 is 2.77. The maximum absolute atomic E-state index is 6.05. The van der Waals surface area contributed by atoms with Crippen LogP contribution in [0, 0.1) is 0 Å². The Kier molecular flexibility index (Phi) is 3.38. The summed E-state index contributed by atoms with van der Waals surface area (Å²) in [4.78, 5) is 0. The largest absolute Gasteiger partial charge is 0.394 e. The number of hydrogen-bond acceptors (Lipinski definition) is 3. The van der Waals surface area contributed by atoms with Crippen molar-refractivity contribution in [1.82, 2.24) is 9.78 Å². The molecule has 0 aliphatic heterocycles. The van der Waals surface area contributed by atoms with Crippen molar-refractivity contribution < 1.29 is 0 Å². The molecule has 4 nitrogen and oxygen atoms in total. The summed E-state index contributed by atoms with van der Waals surface area (Å²) in [5.74, 6) is 0.828. The molecule has 2 aromatic rings. The number of para-hydroxylation sites is 1. The van der Waals surface area contributed by atoms with Gasteiger partial charge < -0.3 is 11.1 Å². The second-order valence-corrected chi connectivity index (χ2v) is 4.65. The van der Waals surface area contributed by atoms with E-state index in [1.165, 1.54) is 0 Å². The summed E-state index contributed by atoms with van der Waals surface area (Å²) in [5.41, 5.74) is 8.66. The summed E-state index contributed by atoms with van der Waals surface area (Å²) in [5, 5.41) is 7.66. The molecule has 17 heavy (non-hydrogen) atoms. The Bertz CT molecular complexity index is 533. The number of nitrogens with zero attached hydrogens (tertiary/aromatic N) is 2. The van der Waals surface area contributed by atoms with Crippen molar-refractivity contribution in [1.29, 1.82) is 0 Å². The van der Waals surface area contributed by atoms with E-state index in [2.05, 4.69) is 26.3 Å². The highest BCUT2D eigenvalue weighted by Gasteiger charge is 2.12. The molecule has 0 saturated carbocycles. The van der Waals surface area contributed by atoms with Crippen molar-refractivity contribution in [3.05, 3.63) is 34.4 Å². The second-order valence-electron chi connectivity index (χ2n) is 3.79. The summed E-state index contributed by atoms with van der Waals surface area (Å²) in [6.07, 6.45) is 0.831. The highest BCUT2D eigenvalue weighted by molar-refractivity contribution is 9.10. The van der Waals surface area contributed by atoms with Crippen LogP contribution in [0.5, 0.6) is 0 Å². The molecule has 0 aliphatic carbocycles. The van der Waals surface area contributed by atoms with E-state index in [0.717, 1.165) is 28.1 Å². The molecule has 1 aromatic carbocycles. The molecule has 0 amide bonds. The van der Waals surface area contributed by atoms with E-state index in [-0.39, 0.29) is 0 Å². The van der Waals surface area contributed by atoms with Crippen LogP contribution in [0.15, 0.2) is 28.7 Å². The minimum Gasteiger partial charge on any atom is -0.394 e. The minimum absolute atomic E-state index is 0.714. The van der Waals surface area contributed by atoms with Gasteiger partial charge in [-0.05, 0) is 34.5 Å². The maximum atomic E-state index is 6.05. The molecule has 3 N–H and O–H groups in total. The van der Waals surface area contributed by atoms with Gasteiger partial charge in [-0.15, -0.1) is 0 Å². The summed E-state index contributed by atoms with van der Waals surface area (Å²) in [7, 11) is 1.88. The van der Waals surface area contributed by atoms with E-state index >= 15 is 0 Å². The summed E-state index contributed by atoms with van der Waals surface area (Å²) >= 11 is 3.49. The fourth-order valence-corrected chi connectivity index (χ4v) is 2.08. The number of anilines is 3. The molecule has 2 rings (SSSR count). The van der Waals surface area contributed by atoms with Crippen molar-refractivity contribution in [3.63, 3.8) is 0 Å². The van der Waals surface area contributed by atoms with Gasteiger partial charge in [-0.25, -0.2) is 0 Å². The minimum atomic E-state index is 0.714. The third-order valence-corrected chi connectivity index (χ3v) is 3.31. The van der Waals surface area contributed by atoms with Crippen LogP contribution in [-0.4, -0.2) is 9.78 Å². The second kappa shape index (κ2) is 4.79. The zero-order valence-corrected chi connectivity index (χ0v) is 11.5. The number of aryl methyl sites for hydroxylation is 2. The van der Waals surface area contributed by atoms with Gasteiger partial charge in [-0.3, -0.25) is 4.68 Å². The first-order valence-electron chi connectivity index (χ1n) is 5.46. The molecule has 1 aromatic heterocycles. The Balaban J connectivity index is 2.37. The molecule has 1 heterocycles. The Morgan fingerprint density at radius 2 is 2.12 bits per heavy atom. The Labute approximate surface area is 109 Å². The lowest BCUT2D eigenvalue weighted by atomic mass is 10.3. The van der Waals surface area contributed by atoms with Crippen molar-refractivity contribution in [3.8, 4) is 0 Å². The van der Waals surface area contributed by atoms with Gasteiger partial charge in [-0.2, -0.15) is 5.10 Å². The van der Waals surface area contributed by atoms with Gasteiger partial charge in [0.1, 0.15) is 0 Å². The zero-order chi connectivity index (χ0) is 12.4. The van der Waals surface area contributed by atoms with Crippen LogP contribution in [0.1, 0.15) is 12.6 Å².